The number of anilines is 1. The normalized spacial score (nSPS) is 21.9. The number of hydrogen-bond donors (Lipinski definition) is 2. The van der Waals surface area contributed by atoms with Gasteiger partial charge in [0.2, 0.25) is 0 Å². The molecule has 0 radical (unpaired) electrons. The van der Waals surface area contributed by atoms with Gasteiger partial charge >= 0.3 is 6.18 Å². The summed E-state index contributed by atoms with van der Waals surface area (Å²) in [6, 6.07) is 2.65. The van der Waals surface area contributed by atoms with Crippen molar-refractivity contribution in [2.75, 3.05) is 18.0 Å². The van der Waals surface area contributed by atoms with Gasteiger partial charge in [0, 0.05) is 48.3 Å². The van der Waals surface area contributed by atoms with Crippen LogP contribution in [-0.4, -0.2) is 40.5 Å². The van der Waals surface area contributed by atoms with Gasteiger partial charge in [-0.2, -0.15) is 13.2 Å². The van der Waals surface area contributed by atoms with E-state index in [0.717, 1.165) is 37.9 Å². The number of carbonyl (C=O) groups is 1. The minimum absolute atomic E-state index is 0.108. The molecule has 172 valence electrons. The van der Waals surface area contributed by atoms with Gasteiger partial charge in [-0.3, -0.25) is 14.8 Å². The number of halogens is 3. The van der Waals surface area contributed by atoms with Gasteiger partial charge in [0.1, 0.15) is 5.69 Å². The van der Waals surface area contributed by atoms with Crippen LogP contribution in [0.1, 0.15) is 60.8 Å². The Balaban J connectivity index is 1.84. The highest BCUT2D eigenvalue weighted by Gasteiger charge is 2.36. The van der Waals surface area contributed by atoms with Crippen LogP contribution in [0.3, 0.4) is 0 Å². The van der Waals surface area contributed by atoms with Crippen molar-refractivity contribution >= 4 is 11.6 Å². The second kappa shape index (κ2) is 8.35. The van der Waals surface area contributed by atoms with Crippen molar-refractivity contribution in [1.29, 1.82) is 0 Å². The number of nitrogens with two attached hydrogens (primary N) is 1. The quantitative estimate of drug-likeness (QED) is 0.738. The third-order valence-electron chi connectivity index (χ3n) is 6.34. The second-order valence-corrected chi connectivity index (χ2v) is 9.19. The first-order valence-corrected chi connectivity index (χ1v) is 10.9. The molecule has 2 fully saturated rings. The topological polar surface area (TPSA) is 84.1 Å². The molecule has 2 aliphatic rings. The van der Waals surface area contributed by atoms with Crippen molar-refractivity contribution in [1.82, 2.24) is 15.3 Å². The molecule has 3 heterocycles. The number of alkyl halides is 3. The summed E-state index contributed by atoms with van der Waals surface area (Å²) < 4.78 is 40.1. The maximum Gasteiger partial charge on any atom is 0.433 e. The molecule has 1 saturated heterocycles. The van der Waals surface area contributed by atoms with E-state index in [0.29, 0.717) is 47.6 Å². The Kier molecular flexibility index (Phi) is 5.87. The van der Waals surface area contributed by atoms with Crippen LogP contribution in [0.15, 0.2) is 24.5 Å². The van der Waals surface area contributed by atoms with E-state index in [2.05, 4.69) is 15.3 Å². The van der Waals surface area contributed by atoms with Crippen molar-refractivity contribution in [3.63, 3.8) is 0 Å². The van der Waals surface area contributed by atoms with Crippen LogP contribution in [-0.2, 0) is 6.18 Å². The molecule has 3 N–H and O–H groups in total. The molecule has 0 bridgehead atoms. The molecule has 1 aliphatic heterocycles. The Morgan fingerprint density at radius 1 is 1.28 bits per heavy atom. The monoisotopic (exact) mass is 447 g/mol. The highest BCUT2D eigenvalue weighted by molar-refractivity contribution is 6.04. The number of nitrogens with one attached hydrogen (secondary N) is 1. The van der Waals surface area contributed by atoms with E-state index in [1.807, 2.05) is 11.8 Å². The SMILES string of the molecule is Cc1ncc(C(=O)NC2CCCC2)c(N2CC[C@](C)(N)C2)c1-c1ccnc(C(F)(F)F)c1. The van der Waals surface area contributed by atoms with Crippen molar-refractivity contribution in [2.24, 2.45) is 5.73 Å². The Morgan fingerprint density at radius 2 is 2.00 bits per heavy atom. The first-order valence-electron chi connectivity index (χ1n) is 10.9. The number of aromatic nitrogens is 2. The highest BCUT2D eigenvalue weighted by atomic mass is 19.4. The zero-order valence-corrected chi connectivity index (χ0v) is 18.3. The van der Waals surface area contributed by atoms with Crippen molar-refractivity contribution in [3.05, 3.63) is 41.5 Å². The van der Waals surface area contributed by atoms with Gasteiger partial charge in [0.05, 0.1) is 11.3 Å². The Bertz CT molecular complexity index is 1020. The lowest BCUT2D eigenvalue weighted by atomic mass is 9.97. The molecule has 0 aromatic carbocycles. The molecule has 2 aromatic rings. The van der Waals surface area contributed by atoms with E-state index in [1.165, 1.54) is 12.3 Å². The predicted molar refractivity (Wildman–Crippen MR) is 116 cm³/mol. The fraction of sp³-hybridized carbons (Fsp3) is 0.522. The van der Waals surface area contributed by atoms with Gasteiger partial charge in [-0.25, -0.2) is 0 Å². The number of carbonyl (C=O) groups excluding carboxylic acids is 1. The zero-order valence-electron chi connectivity index (χ0n) is 18.3. The Morgan fingerprint density at radius 3 is 2.62 bits per heavy atom. The minimum atomic E-state index is -4.57. The lowest BCUT2D eigenvalue weighted by Gasteiger charge is -2.28. The molecule has 9 heteroatoms. The molecule has 6 nitrogen and oxygen atoms in total. The van der Waals surface area contributed by atoms with Crippen LogP contribution in [0, 0.1) is 6.92 Å². The van der Waals surface area contributed by atoms with Crippen molar-refractivity contribution < 1.29 is 18.0 Å². The first kappa shape index (κ1) is 22.5. The summed E-state index contributed by atoms with van der Waals surface area (Å²) in [7, 11) is 0. The lowest BCUT2D eigenvalue weighted by molar-refractivity contribution is -0.141. The smallest absolute Gasteiger partial charge is 0.368 e. The summed E-state index contributed by atoms with van der Waals surface area (Å²) in [4.78, 5) is 23.1. The third kappa shape index (κ3) is 4.57. The number of aryl methyl sites for hydroxylation is 1. The van der Waals surface area contributed by atoms with E-state index >= 15 is 0 Å². The van der Waals surface area contributed by atoms with Crippen LogP contribution in [0.25, 0.3) is 11.1 Å². The third-order valence-corrected chi connectivity index (χ3v) is 6.34. The molecule has 0 unspecified atom stereocenters. The van der Waals surface area contributed by atoms with Crippen molar-refractivity contribution in [3.8, 4) is 11.1 Å². The molecule has 1 atom stereocenters. The van der Waals surface area contributed by atoms with Gasteiger partial charge in [-0.1, -0.05) is 12.8 Å². The van der Waals surface area contributed by atoms with Gasteiger partial charge < -0.3 is 16.0 Å². The fourth-order valence-corrected chi connectivity index (χ4v) is 4.68. The number of nitrogens with zero attached hydrogens (tertiary/aromatic N) is 3. The van der Waals surface area contributed by atoms with Crippen LogP contribution >= 0.6 is 0 Å². The molecule has 2 aromatic heterocycles. The molecule has 4 rings (SSSR count). The summed E-state index contributed by atoms with van der Waals surface area (Å²) in [5.74, 6) is -0.253. The lowest BCUT2D eigenvalue weighted by Crippen LogP contribution is -2.40. The summed E-state index contributed by atoms with van der Waals surface area (Å²) >= 11 is 0. The Labute approximate surface area is 185 Å². The van der Waals surface area contributed by atoms with Crippen LogP contribution in [0.5, 0.6) is 0 Å². The molecule has 1 saturated carbocycles. The van der Waals surface area contributed by atoms with E-state index in [1.54, 1.807) is 6.92 Å². The number of hydrogen-bond acceptors (Lipinski definition) is 5. The largest absolute Gasteiger partial charge is 0.433 e. The average molecular weight is 448 g/mol. The molecule has 32 heavy (non-hydrogen) atoms. The average Bonchev–Trinajstić information content (AvgIpc) is 3.36. The number of amides is 1. The van der Waals surface area contributed by atoms with E-state index in [4.69, 9.17) is 5.73 Å². The molecule has 1 aliphatic carbocycles. The maximum absolute atomic E-state index is 13.4. The molecular weight excluding hydrogens is 419 g/mol. The van der Waals surface area contributed by atoms with E-state index < -0.39 is 17.4 Å². The fourth-order valence-electron chi connectivity index (χ4n) is 4.68. The number of pyridine rings is 2. The summed E-state index contributed by atoms with van der Waals surface area (Å²) in [5, 5.41) is 3.08. The predicted octanol–water partition coefficient (Wildman–Crippen LogP) is 4.07. The van der Waals surface area contributed by atoms with E-state index in [-0.39, 0.29) is 11.9 Å². The minimum Gasteiger partial charge on any atom is -0.368 e. The van der Waals surface area contributed by atoms with Crippen LogP contribution < -0.4 is 16.0 Å². The Hall–Kier alpha value is -2.68. The van der Waals surface area contributed by atoms with Gasteiger partial charge in [0.25, 0.3) is 5.91 Å². The van der Waals surface area contributed by atoms with Gasteiger partial charge in [-0.15, -0.1) is 0 Å². The van der Waals surface area contributed by atoms with Crippen LogP contribution in [0.2, 0.25) is 0 Å². The van der Waals surface area contributed by atoms with Crippen molar-refractivity contribution in [2.45, 2.75) is 63.7 Å². The summed E-state index contributed by atoms with van der Waals surface area (Å²) in [6.07, 6.45) is 2.81. The number of rotatable bonds is 4. The highest BCUT2D eigenvalue weighted by Crippen LogP contribution is 2.40. The van der Waals surface area contributed by atoms with Gasteiger partial charge in [-0.05, 0) is 50.8 Å². The molecule has 1 amide bonds. The zero-order chi connectivity index (χ0) is 23.1. The van der Waals surface area contributed by atoms with Crippen LogP contribution in [0.4, 0.5) is 18.9 Å². The van der Waals surface area contributed by atoms with E-state index in [9.17, 15) is 18.0 Å². The standard InChI is InChI=1S/C23H28F3N5O/c1-14-19(15-7-9-28-18(11-15)23(24,25)26)20(31-10-8-22(2,27)13-31)17(12-29-14)21(32)30-16-5-3-4-6-16/h7,9,11-12,16H,3-6,8,10,13,27H2,1-2H3,(H,30,32)/t22-/m0/s1. The van der Waals surface area contributed by atoms with Gasteiger partial charge in [0.15, 0.2) is 0 Å². The summed E-state index contributed by atoms with van der Waals surface area (Å²) in [5.41, 5.74) is 7.25. The summed E-state index contributed by atoms with van der Waals surface area (Å²) in [6.45, 7) is 4.77. The first-order chi connectivity index (χ1) is 15.0. The molecular formula is C23H28F3N5O. The molecule has 0 spiro atoms. The second-order valence-electron chi connectivity index (χ2n) is 9.19. The maximum atomic E-state index is 13.4.